The van der Waals surface area contributed by atoms with Crippen LogP contribution in [0.1, 0.15) is 5.56 Å². The molecule has 1 rings (SSSR count). The Bertz CT molecular complexity index is 477. The molecule has 3 N–H and O–H groups in total. The van der Waals surface area contributed by atoms with Gasteiger partial charge in [0.15, 0.2) is 0 Å². The first kappa shape index (κ1) is 16.1. The fourth-order valence-corrected chi connectivity index (χ4v) is 2.09. The van der Waals surface area contributed by atoms with Gasteiger partial charge in [0.05, 0.1) is 6.42 Å². The fraction of sp³-hybridized carbons (Fsp3) is 0.286. The molecule has 0 aliphatic rings. The van der Waals surface area contributed by atoms with Gasteiger partial charge in [-0.15, -0.1) is 6.58 Å². The standard InChI is InChI=1S/C14H18N2O3S/c1-2-7-20-8-6-15-14(19)16-12-5-3-4-11(9-12)10-13(17)18/h2-5,9H,1,6-8,10H2,(H,17,18)(H2,15,16,19). The normalized spacial score (nSPS) is 9.80. The van der Waals surface area contributed by atoms with Crippen molar-refractivity contribution in [3.8, 4) is 0 Å². The summed E-state index contributed by atoms with van der Waals surface area (Å²) in [4.78, 5) is 22.2. The largest absolute Gasteiger partial charge is 0.481 e. The van der Waals surface area contributed by atoms with Crippen molar-refractivity contribution in [1.29, 1.82) is 0 Å². The number of urea groups is 1. The third-order valence-corrected chi connectivity index (χ3v) is 3.27. The minimum Gasteiger partial charge on any atom is -0.481 e. The van der Waals surface area contributed by atoms with Crippen molar-refractivity contribution in [3.63, 3.8) is 0 Å². The molecule has 20 heavy (non-hydrogen) atoms. The Morgan fingerprint density at radius 1 is 1.40 bits per heavy atom. The van der Waals surface area contributed by atoms with E-state index in [1.165, 1.54) is 0 Å². The van der Waals surface area contributed by atoms with Gasteiger partial charge in [-0.1, -0.05) is 18.2 Å². The number of aliphatic carboxylic acids is 1. The number of hydrogen-bond acceptors (Lipinski definition) is 3. The van der Waals surface area contributed by atoms with Crippen LogP contribution in [0.3, 0.4) is 0 Å². The van der Waals surface area contributed by atoms with Crippen molar-refractivity contribution in [2.24, 2.45) is 0 Å². The van der Waals surface area contributed by atoms with E-state index in [-0.39, 0.29) is 12.5 Å². The van der Waals surface area contributed by atoms with Gasteiger partial charge in [0.25, 0.3) is 0 Å². The lowest BCUT2D eigenvalue weighted by Crippen LogP contribution is -2.30. The van der Waals surface area contributed by atoms with Crippen molar-refractivity contribution < 1.29 is 14.7 Å². The van der Waals surface area contributed by atoms with Gasteiger partial charge in [0, 0.05) is 23.7 Å². The quantitative estimate of drug-likeness (QED) is 0.508. The molecule has 0 atom stereocenters. The lowest BCUT2D eigenvalue weighted by molar-refractivity contribution is -0.136. The Morgan fingerprint density at radius 3 is 2.90 bits per heavy atom. The van der Waals surface area contributed by atoms with Crippen molar-refractivity contribution >= 4 is 29.4 Å². The molecular formula is C14H18N2O3S. The average Bonchev–Trinajstić information content (AvgIpc) is 2.38. The van der Waals surface area contributed by atoms with Crippen molar-refractivity contribution in [3.05, 3.63) is 42.5 Å². The van der Waals surface area contributed by atoms with Gasteiger partial charge in [-0.25, -0.2) is 4.79 Å². The van der Waals surface area contributed by atoms with Crippen molar-refractivity contribution in [2.45, 2.75) is 6.42 Å². The Balaban J connectivity index is 2.37. The Hall–Kier alpha value is -1.95. The van der Waals surface area contributed by atoms with Gasteiger partial charge < -0.3 is 15.7 Å². The summed E-state index contributed by atoms with van der Waals surface area (Å²) in [6.45, 7) is 4.18. The smallest absolute Gasteiger partial charge is 0.319 e. The zero-order valence-corrected chi connectivity index (χ0v) is 11.9. The SMILES string of the molecule is C=CCSCCNC(=O)Nc1cccc(CC(=O)O)c1. The third-order valence-electron chi connectivity index (χ3n) is 2.31. The van der Waals surface area contributed by atoms with Crippen LogP contribution in [0, 0.1) is 0 Å². The number of benzene rings is 1. The van der Waals surface area contributed by atoms with Gasteiger partial charge in [-0.3, -0.25) is 4.79 Å². The highest BCUT2D eigenvalue weighted by molar-refractivity contribution is 7.99. The van der Waals surface area contributed by atoms with Gasteiger partial charge in [-0.2, -0.15) is 11.8 Å². The van der Waals surface area contributed by atoms with Crippen LogP contribution in [0.15, 0.2) is 36.9 Å². The molecule has 1 aromatic rings. The second-order valence-electron chi connectivity index (χ2n) is 4.02. The zero-order valence-electron chi connectivity index (χ0n) is 11.1. The summed E-state index contributed by atoms with van der Waals surface area (Å²) in [6.07, 6.45) is 1.76. The molecule has 2 amide bonds. The number of amides is 2. The monoisotopic (exact) mass is 294 g/mol. The van der Waals surface area contributed by atoms with Crippen molar-refractivity contribution in [1.82, 2.24) is 5.32 Å². The summed E-state index contributed by atoms with van der Waals surface area (Å²) in [7, 11) is 0. The molecule has 0 saturated heterocycles. The van der Waals surface area contributed by atoms with E-state index in [0.29, 0.717) is 17.8 Å². The Labute approximate surface area is 122 Å². The topological polar surface area (TPSA) is 78.4 Å². The maximum atomic E-state index is 11.6. The van der Waals surface area contributed by atoms with E-state index in [2.05, 4.69) is 17.2 Å². The van der Waals surface area contributed by atoms with Gasteiger partial charge in [0.2, 0.25) is 0 Å². The summed E-state index contributed by atoms with van der Waals surface area (Å²) in [5, 5.41) is 14.1. The van der Waals surface area contributed by atoms with E-state index in [1.54, 1.807) is 36.0 Å². The van der Waals surface area contributed by atoms with E-state index in [4.69, 9.17) is 5.11 Å². The number of anilines is 1. The van der Waals surface area contributed by atoms with Crippen LogP contribution in [0.5, 0.6) is 0 Å². The number of carboxylic acids is 1. The highest BCUT2D eigenvalue weighted by Gasteiger charge is 2.04. The summed E-state index contributed by atoms with van der Waals surface area (Å²) in [5.41, 5.74) is 1.23. The maximum absolute atomic E-state index is 11.6. The molecule has 5 nitrogen and oxygen atoms in total. The van der Waals surface area contributed by atoms with E-state index in [1.807, 2.05) is 6.08 Å². The number of carbonyl (C=O) groups is 2. The van der Waals surface area contributed by atoms with Crippen LogP contribution >= 0.6 is 11.8 Å². The maximum Gasteiger partial charge on any atom is 0.319 e. The van der Waals surface area contributed by atoms with Crippen LogP contribution in [0.4, 0.5) is 10.5 Å². The minimum atomic E-state index is -0.897. The number of rotatable bonds is 8. The van der Waals surface area contributed by atoms with Crippen LogP contribution < -0.4 is 10.6 Å². The zero-order chi connectivity index (χ0) is 14.8. The second-order valence-corrected chi connectivity index (χ2v) is 5.17. The average molecular weight is 294 g/mol. The summed E-state index contributed by atoms with van der Waals surface area (Å²) in [5.74, 6) is 0.782. The Morgan fingerprint density at radius 2 is 2.20 bits per heavy atom. The molecule has 0 heterocycles. The molecule has 1 aromatic carbocycles. The predicted molar refractivity (Wildman–Crippen MR) is 82.3 cm³/mol. The molecule has 0 saturated carbocycles. The summed E-state index contributed by atoms with van der Waals surface area (Å²) < 4.78 is 0. The second kappa shape index (κ2) is 9.03. The van der Waals surface area contributed by atoms with E-state index < -0.39 is 5.97 Å². The number of thioether (sulfide) groups is 1. The van der Waals surface area contributed by atoms with Crippen LogP contribution in [0.2, 0.25) is 0 Å². The number of carbonyl (C=O) groups excluding carboxylic acids is 1. The van der Waals surface area contributed by atoms with Crippen molar-refractivity contribution in [2.75, 3.05) is 23.4 Å². The van der Waals surface area contributed by atoms with Gasteiger partial charge >= 0.3 is 12.0 Å². The van der Waals surface area contributed by atoms with Crippen LogP contribution in [0.25, 0.3) is 0 Å². The van der Waals surface area contributed by atoms with E-state index in [0.717, 1.165) is 11.5 Å². The van der Waals surface area contributed by atoms with E-state index >= 15 is 0 Å². The van der Waals surface area contributed by atoms with Crippen LogP contribution in [-0.4, -0.2) is 35.2 Å². The van der Waals surface area contributed by atoms with Gasteiger partial charge in [0.1, 0.15) is 0 Å². The molecule has 0 fully saturated rings. The molecule has 0 radical (unpaired) electrons. The van der Waals surface area contributed by atoms with Gasteiger partial charge in [-0.05, 0) is 17.7 Å². The first-order valence-corrected chi connectivity index (χ1v) is 7.31. The number of nitrogens with one attached hydrogen (secondary N) is 2. The molecule has 0 aliphatic heterocycles. The number of hydrogen-bond donors (Lipinski definition) is 3. The summed E-state index contributed by atoms with van der Waals surface area (Å²) in [6, 6.07) is 6.51. The summed E-state index contributed by atoms with van der Waals surface area (Å²) >= 11 is 1.68. The van der Waals surface area contributed by atoms with E-state index in [9.17, 15) is 9.59 Å². The molecule has 0 aliphatic carbocycles. The molecule has 108 valence electrons. The Kier molecular flexibility index (Phi) is 7.27. The first-order valence-electron chi connectivity index (χ1n) is 6.16. The fourth-order valence-electron chi connectivity index (χ4n) is 1.51. The predicted octanol–water partition coefficient (Wildman–Crippen LogP) is 2.35. The van der Waals surface area contributed by atoms with Crippen LogP contribution in [-0.2, 0) is 11.2 Å². The lowest BCUT2D eigenvalue weighted by atomic mass is 10.1. The third kappa shape index (κ3) is 6.84. The molecule has 6 heteroatoms. The lowest BCUT2D eigenvalue weighted by Gasteiger charge is -2.08. The first-order chi connectivity index (χ1) is 9.61. The molecular weight excluding hydrogens is 276 g/mol. The minimum absolute atomic E-state index is 0.0602. The highest BCUT2D eigenvalue weighted by atomic mass is 32.2. The number of carboxylic acid groups (broad SMARTS) is 1. The molecule has 0 unspecified atom stereocenters. The molecule has 0 spiro atoms. The molecule has 0 aromatic heterocycles. The molecule has 0 bridgehead atoms. The highest BCUT2D eigenvalue weighted by Crippen LogP contribution is 2.11.